The fraction of sp³-hybridized carbons (Fsp3) is 0.373. The lowest BCUT2D eigenvalue weighted by Gasteiger charge is -2.60. The third-order valence-corrected chi connectivity index (χ3v) is 14.7. The number of aliphatic hydroxyl groups excluding tert-OH is 4. The first-order valence-corrected chi connectivity index (χ1v) is 23.7. The van der Waals surface area contributed by atoms with Gasteiger partial charge in [-0.15, -0.1) is 0 Å². The maximum atomic E-state index is 14.0. The first-order chi connectivity index (χ1) is 34.9. The lowest BCUT2D eigenvalue weighted by atomic mass is 9.53. The van der Waals surface area contributed by atoms with Crippen molar-refractivity contribution < 1.29 is 74.1 Å². The molecule has 5 aromatic rings. The van der Waals surface area contributed by atoms with Crippen LogP contribution in [0.3, 0.4) is 0 Å². The largest absolute Gasteiger partial charge is 0.508 e. The minimum atomic E-state index is -2.77. The van der Waals surface area contributed by atoms with E-state index in [0.717, 1.165) is 30.5 Å². The highest BCUT2D eigenvalue weighted by atomic mass is 16.7. The number of hydrogen-bond acceptors (Lipinski definition) is 20. The van der Waals surface area contributed by atoms with Gasteiger partial charge >= 0.3 is 5.97 Å². The van der Waals surface area contributed by atoms with Crippen LogP contribution in [0.1, 0.15) is 49.3 Å². The summed E-state index contributed by atoms with van der Waals surface area (Å²) in [5, 5.41) is 113. The molecule has 3 aliphatic heterocycles. The van der Waals surface area contributed by atoms with Crippen LogP contribution in [0.25, 0.3) is 22.3 Å². The van der Waals surface area contributed by atoms with Gasteiger partial charge in [0.2, 0.25) is 18.3 Å². The maximum Gasteiger partial charge on any atom is 0.336 e. The number of hydrogen-bond donors (Lipinski definition) is 15. The number of carbonyl (C=O) groups is 1. The first-order valence-electron chi connectivity index (χ1n) is 23.7. The zero-order chi connectivity index (χ0) is 51.6. The van der Waals surface area contributed by atoms with Crippen molar-refractivity contribution in [1.82, 2.24) is 20.9 Å². The summed E-state index contributed by atoms with van der Waals surface area (Å²) in [5.41, 5.74) is 6.29. The van der Waals surface area contributed by atoms with E-state index in [2.05, 4.69) is 20.9 Å². The van der Waals surface area contributed by atoms with Crippen molar-refractivity contribution in [1.29, 1.82) is 0 Å². The van der Waals surface area contributed by atoms with E-state index in [-0.39, 0.29) is 35.0 Å². The molecular formula is C51H56N6O16. The van der Waals surface area contributed by atoms with Crippen LogP contribution in [-0.2, 0) is 9.53 Å². The van der Waals surface area contributed by atoms with Gasteiger partial charge in [-0.2, -0.15) is 0 Å². The Labute approximate surface area is 415 Å². The normalized spacial score (nSPS) is 27.8. The van der Waals surface area contributed by atoms with Crippen molar-refractivity contribution in [3.8, 4) is 40.1 Å². The summed E-state index contributed by atoms with van der Waals surface area (Å²) in [6.45, 7) is 0.346. The Balaban J connectivity index is 1.09. The molecule has 1 saturated carbocycles. The Bertz CT molecular complexity index is 3070. The number of nitrogens with two attached hydrogens (primary N) is 2. The SMILES string of the molecule is NC1=CC(C2(C3=C[C@]4(O)[C@H](Oc5cc6oc(-c7ccc(O[C@@H](CO)[C@H](O)c8ccc(N)[nH]8)cc7)cc(=O)c6c(O)c5O[C@H](O)c5cccc(O)c5)O[C@H](C(=O)O)[C@](O)([C@H]3[C@@H]3CNCN3)[C@H]4O)CCCC2)=CCN1. The Morgan fingerprint density at radius 3 is 2.40 bits per heavy atom. The predicted octanol–water partition coefficient (Wildman–Crippen LogP) is 1.30. The van der Waals surface area contributed by atoms with Crippen LogP contribution in [0, 0.1) is 11.3 Å². The molecule has 0 spiro atoms. The second kappa shape index (κ2) is 19.1. The summed E-state index contributed by atoms with van der Waals surface area (Å²) in [7, 11) is 0. The number of phenolic OH excluding ortho intramolecular Hbond substituents is 2. The summed E-state index contributed by atoms with van der Waals surface area (Å²) in [6, 6.07) is 15.9. The Kier molecular flexibility index (Phi) is 12.9. The average molecular weight is 1010 g/mol. The number of benzene rings is 3. The van der Waals surface area contributed by atoms with Crippen LogP contribution in [-0.4, -0.2) is 125 Å². The number of H-pyrrole nitrogens is 1. The highest BCUT2D eigenvalue weighted by Gasteiger charge is 2.73. The number of rotatable bonds is 15. The number of carboxylic acids is 1. The molecule has 10 rings (SSSR count). The minimum Gasteiger partial charge on any atom is -0.508 e. The predicted molar refractivity (Wildman–Crippen MR) is 258 cm³/mol. The number of aromatic nitrogens is 1. The summed E-state index contributed by atoms with van der Waals surface area (Å²) >= 11 is 0. The number of ether oxygens (including phenoxy) is 4. The fourth-order valence-electron chi connectivity index (χ4n) is 11.2. The number of aliphatic carboxylic acids is 1. The van der Waals surface area contributed by atoms with E-state index in [1.165, 1.54) is 54.6 Å². The molecule has 2 saturated heterocycles. The number of aromatic amines is 1. The zero-order valence-electron chi connectivity index (χ0n) is 39.0. The van der Waals surface area contributed by atoms with E-state index < -0.39 is 106 Å². The van der Waals surface area contributed by atoms with Gasteiger partial charge in [0.25, 0.3) is 0 Å². The van der Waals surface area contributed by atoms with Gasteiger partial charge in [-0.1, -0.05) is 36.6 Å². The molecule has 2 aliphatic carbocycles. The van der Waals surface area contributed by atoms with E-state index in [4.69, 9.17) is 34.8 Å². The van der Waals surface area contributed by atoms with Crippen molar-refractivity contribution in [2.75, 3.05) is 32.1 Å². The van der Waals surface area contributed by atoms with E-state index >= 15 is 0 Å². The van der Waals surface area contributed by atoms with Gasteiger partial charge in [-0.05, 0) is 79.1 Å². The molecule has 5 heterocycles. The molecule has 0 unspecified atom stereocenters. The van der Waals surface area contributed by atoms with Crippen LogP contribution in [0.15, 0.2) is 117 Å². The smallest absolute Gasteiger partial charge is 0.336 e. The fourth-order valence-corrected chi connectivity index (χ4v) is 11.2. The number of aliphatic hydroxyl groups is 6. The third-order valence-electron chi connectivity index (χ3n) is 14.7. The zero-order valence-corrected chi connectivity index (χ0v) is 39.0. The summed E-state index contributed by atoms with van der Waals surface area (Å²) in [6.07, 6.45) is -3.63. The Morgan fingerprint density at radius 1 is 0.973 bits per heavy atom. The van der Waals surface area contributed by atoms with Gasteiger partial charge in [-0.3, -0.25) is 10.1 Å². The Morgan fingerprint density at radius 2 is 1.74 bits per heavy atom. The maximum absolute atomic E-state index is 14.0. The first kappa shape index (κ1) is 49.5. The number of aromatic hydroxyl groups is 2. The summed E-state index contributed by atoms with van der Waals surface area (Å²) < 4.78 is 30.5. The van der Waals surface area contributed by atoms with Gasteiger partial charge in [0.1, 0.15) is 51.9 Å². The molecule has 0 radical (unpaired) electrons. The quantitative estimate of drug-likeness (QED) is 0.0519. The van der Waals surface area contributed by atoms with Crippen molar-refractivity contribution in [2.24, 2.45) is 17.1 Å². The van der Waals surface area contributed by atoms with E-state index in [0.29, 0.717) is 54.5 Å². The highest BCUT2D eigenvalue weighted by molar-refractivity contribution is 5.89. The monoisotopic (exact) mass is 1010 g/mol. The molecule has 2 aromatic heterocycles. The number of dihydropyridines is 1. The molecule has 10 atom stereocenters. The number of nitrogens with one attached hydrogen (secondary N) is 4. The molecule has 3 fully saturated rings. The highest BCUT2D eigenvalue weighted by Crippen LogP contribution is 2.61. The third kappa shape index (κ3) is 8.58. The molecule has 0 amide bonds. The van der Waals surface area contributed by atoms with Crippen LogP contribution < -0.4 is 47.1 Å². The topological polar surface area (TPSA) is 370 Å². The number of allylic oxidation sites excluding steroid dienone is 2. The van der Waals surface area contributed by atoms with Gasteiger partial charge in [0, 0.05) is 66.1 Å². The number of carboxylic acid groups (broad SMARTS) is 1. The molecule has 17 N–H and O–H groups in total. The second-order valence-electron chi connectivity index (χ2n) is 19.1. The standard InChI is InChI=1S/C51H56N6O16/c52-37-11-10-30(57-37)41(61)36(22-58)69-28-8-6-24(7-9-28)33-18-32(60)39-34(70-33)19-35(43(42(39)62)72-46(65)25-4-3-5-27(59)16-25)71-48-50(67)20-29(49(13-1-2-14-49)26-12-15-55-38(53)17-26)40(31-21-54-23-56-31)51(68,47(50)66)44(73-48)45(63)64/h3-12,16-20,31,36,40-41,44,46-48,54-59,61-62,65-68H,1-2,13-15,21-23,52-53H2,(H,63,64)/t31-,36-,40+,41+,44+,46-,47-,48+,50+,51+/m0/s1. The molecule has 3 aromatic carbocycles. The number of nitrogen functional groups attached to an aromatic ring is 1. The van der Waals surface area contributed by atoms with Crippen molar-refractivity contribution in [3.05, 3.63) is 129 Å². The second-order valence-corrected chi connectivity index (χ2v) is 19.1. The van der Waals surface area contributed by atoms with Crippen molar-refractivity contribution in [2.45, 2.75) is 79.9 Å². The molecule has 73 heavy (non-hydrogen) atoms. The molecule has 386 valence electrons. The molecule has 5 aliphatic rings. The number of anilines is 1. The summed E-state index contributed by atoms with van der Waals surface area (Å²) in [4.78, 5) is 30.3. The Hall–Kier alpha value is -7.12. The van der Waals surface area contributed by atoms with Crippen molar-refractivity contribution in [3.63, 3.8) is 0 Å². The van der Waals surface area contributed by atoms with Gasteiger partial charge in [0.15, 0.2) is 34.7 Å². The molecule has 22 heteroatoms. The minimum absolute atomic E-state index is 0.0160. The molecule has 22 nitrogen and oxygen atoms in total. The van der Waals surface area contributed by atoms with Crippen LogP contribution in [0.5, 0.6) is 28.7 Å². The van der Waals surface area contributed by atoms with Crippen LogP contribution >= 0.6 is 0 Å². The van der Waals surface area contributed by atoms with Gasteiger partial charge < -0.3 is 96.4 Å². The lowest BCUT2D eigenvalue weighted by molar-refractivity contribution is -0.345. The van der Waals surface area contributed by atoms with E-state index in [9.17, 15) is 55.5 Å². The van der Waals surface area contributed by atoms with E-state index in [1.807, 2.05) is 6.08 Å². The number of phenols is 2. The number of fused-ring (bicyclic) bond motifs is 3. The molecule has 2 bridgehead atoms. The summed E-state index contributed by atoms with van der Waals surface area (Å²) in [5.74, 6) is -4.55. The van der Waals surface area contributed by atoms with E-state index in [1.54, 1.807) is 18.2 Å². The van der Waals surface area contributed by atoms with Crippen LogP contribution in [0.4, 0.5) is 5.82 Å². The van der Waals surface area contributed by atoms with Gasteiger partial charge in [-0.25, -0.2) is 4.79 Å². The van der Waals surface area contributed by atoms with Crippen molar-refractivity contribution >= 4 is 22.8 Å². The average Bonchev–Trinajstić information content (AvgIpc) is 4.18. The lowest BCUT2D eigenvalue weighted by Crippen LogP contribution is -2.80. The molecular weight excluding hydrogens is 953 g/mol. The van der Waals surface area contributed by atoms with Crippen LogP contribution in [0.2, 0.25) is 0 Å². The van der Waals surface area contributed by atoms with Gasteiger partial charge in [0.05, 0.1) is 12.4 Å².